The maximum absolute atomic E-state index is 12.9. The van der Waals surface area contributed by atoms with Gasteiger partial charge in [0.1, 0.15) is 5.92 Å². The fraction of sp³-hybridized carbons (Fsp3) is 0.826. The molecular weight excluding hydrogens is 322 g/mol. The summed E-state index contributed by atoms with van der Waals surface area (Å²) < 4.78 is 0. The van der Waals surface area contributed by atoms with Crippen LogP contribution in [0.1, 0.15) is 73.1 Å². The van der Waals surface area contributed by atoms with Gasteiger partial charge in [-0.15, -0.1) is 0 Å². The van der Waals surface area contributed by atoms with Gasteiger partial charge in [-0.2, -0.15) is 5.26 Å². The van der Waals surface area contributed by atoms with Gasteiger partial charge in [0, 0.05) is 5.41 Å². The average molecular weight is 356 g/mol. The zero-order valence-electron chi connectivity index (χ0n) is 16.9. The van der Waals surface area contributed by atoms with Crippen LogP contribution in [0, 0.1) is 51.2 Å². The summed E-state index contributed by atoms with van der Waals surface area (Å²) in [6, 6.07) is 2.31. The van der Waals surface area contributed by atoms with Crippen molar-refractivity contribution in [1.82, 2.24) is 0 Å². The summed E-state index contributed by atoms with van der Waals surface area (Å²) in [7, 11) is 0. The summed E-state index contributed by atoms with van der Waals surface area (Å²) in [6.07, 6.45) is 8.22. The minimum absolute atomic E-state index is 0.00447. The first-order valence-corrected chi connectivity index (χ1v) is 10.4. The van der Waals surface area contributed by atoms with Gasteiger partial charge < -0.3 is 5.11 Å². The van der Waals surface area contributed by atoms with E-state index in [9.17, 15) is 15.2 Å². The van der Waals surface area contributed by atoms with Gasteiger partial charge in [-0.3, -0.25) is 4.79 Å². The number of hydrogen-bond donors (Lipinski definition) is 1. The van der Waals surface area contributed by atoms with E-state index in [1.807, 2.05) is 20.8 Å². The van der Waals surface area contributed by atoms with Crippen molar-refractivity contribution < 1.29 is 9.90 Å². The van der Waals surface area contributed by atoms with Gasteiger partial charge in [0.05, 0.1) is 11.7 Å². The Labute approximate surface area is 157 Å². The molecule has 142 valence electrons. The van der Waals surface area contributed by atoms with E-state index in [1.165, 1.54) is 5.57 Å². The molecule has 4 rings (SSSR count). The number of nitriles is 1. The minimum Gasteiger partial charge on any atom is -0.390 e. The lowest BCUT2D eigenvalue weighted by Crippen LogP contribution is -2.57. The molecule has 0 bridgehead atoms. The van der Waals surface area contributed by atoms with Crippen LogP contribution in [-0.4, -0.2) is 16.5 Å². The van der Waals surface area contributed by atoms with E-state index >= 15 is 0 Å². The highest BCUT2D eigenvalue weighted by Gasteiger charge is 2.64. The number of rotatable bonds is 0. The molecule has 1 N–H and O–H groups in total. The van der Waals surface area contributed by atoms with Crippen molar-refractivity contribution in [2.45, 2.75) is 78.7 Å². The molecule has 7 atom stereocenters. The Bertz CT molecular complexity index is 727. The lowest BCUT2D eigenvalue weighted by Gasteiger charge is -2.60. The molecule has 0 aromatic carbocycles. The van der Waals surface area contributed by atoms with Crippen molar-refractivity contribution in [3.63, 3.8) is 0 Å². The normalized spacial score (nSPS) is 52.3. The van der Waals surface area contributed by atoms with Crippen molar-refractivity contribution in [2.24, 2.45) is 39.9 Å². The molecule has 0 heterocycles. The molecule has 4 aliphatic carbocycles. The third-order valence-electron chi connectivity index (χ3n) is 9.42. The van der Waals surface area contributed by atoms with Gasteiger partial charge in [-0.1, -0.05) is 25.5 Å². The number of allylic oxidation sites excluding steroid dienone is 2. The first-order valence-electron chi connectivity index (χ1n) is 10.4. The third kappa shape index (κ3) is 2.00. The van der Waals surface area contributed by atoms with Crippen molar-refractivity contribution in [3.8, 4) is 6.07 Å². The molecule has 0 aliphatic heterocycles. The van der Waals surface area contributed by atoms with E-state index in [-0.39, 0.29) is 16.6 Å². The molecule has 0 aromatic heterocycles. The Hall–Kier alpha value is -1.14. The summed E-state index contributed by atoms with van der Waals surface area (Å²) in [6.45, 7) is 10.7. The van der Waals surface area contributed by atoms with E-state index in [0.717, 1.165) is 32.1 Å². The van der Waals surface area contributed by atoms with Crippen LogP contribution in [0.2, 0.25) is 0 Å². The number of carbonyl (C=O) groups is 1. The van der Waals surface area contributed by atoms with Crippen LogP contribution in [0.5, 0.6) is 0 Å². The largest absolute Gasteiger partial charge is 0.390 e. The molecule has 0 spiro atoms. The maximum atomic E-state index is 12.9. The van der Waals surface area contributed by atoms with E-state index in [4.69, 9.17) is 0 Å². The fourth-order valence-corrected chi connectivity index (χ4v) is 7.76. The molecule has 26 heavy (non-hydrogen) atoms. The smallest absolute Gasteiger partial charge is 0.159 e. The molecule has 0 unspecified atom stereocenters. The molecule has 0 radical (unpaired) electrons. The van der Waals surface area contributed by atoms with Crippen LogP contribution in [0.4, 0.5) is 0 Å². The van der Waals surface area contributed by atoms with Gasteiger partial charge in [-0.05, 0) is 87.9 Å². The first-order chi connectivity index (χ1) is 12.0. The SMILES string of the molecule is CC1(C)C(=O)[C@@H](C#N)C[C@@]2(C)C1=CC[C@@H]1[C@@H]2CC[C@@]2(C)[C@H]1CC[C@]2(C)O. The van der Waals surface area contributed by atoms with Crippen LogP contribution in [0.3, 0.4) is 0 Å². The summed E-state index contributed by atoms with van der Waals surface area (Å²) >= 11 is 0. The summed E-state index contributed by atoms with van der Waals surface area (Å²) in [4.78, 5) is 12.9. The Morgan fingerprint density at radius 3 is 2.42 bits per heavy atom. The Morgan fingerprint density at radius 2 is 1.77 bits per heavy atom. The van der Waals surface area contributed by atoms with Gasteiger partial charge in [0.25, 0.3) is 0 Å². The zero-order valence-corrected chi connectivity index (χ0v) is 16.9. The second-order valence-corrected chi connectivity index (χ2v) is 10.8. The van der Waals surface area contributed by atoms with Gasteiger partial charge in [-0.25, -0.2) is 0 Å². The Morgan fingerprint density at radius 1 is 1.12 bits per heavy atom. The molecule has 3 saturated carbocycles. The standard InChI is InChI=1S/C23H33NO2/c1-20(2)18-7-6-15-16(21(18,3)12-14(13-24)19(20)25)8-10-22(4)17(15)9-11-23(22,5)26/h7,14-17,26H,6,8-12H2,1-5H3/t14-,15-,16+,17+,21-,22+,23+/m1/s1. The molecule has 3 nitrogen and oxygen atoms in total. The third-order valence-corrected chi connectivity index (χ3v) is 9.42. The van der Waals surface area contributed by atoms with Gasteiger partial charge in [0.15, 0.2) is 5.78 Å². The summed E-state index contributed by atoms with van der Waals surface area (Å²) in [5, 5.41) is 20.7. The molecule has 3 heteroatoms. The molecule has 4 aliphatic rings. The summed E-state index contributed by atoms with van der Waals surface area (Å²) in [5.74, 6) is 1.27. The van der Waals surface area contributed by atoms with Crippen molar-refractivity contribution in [2.75, 3.05) is 0 Å². The Balaban J connectivity index is 1.78. The maximum Gasteiger partial charge on any atom is 0.159 e. The number of hydrogen-bond acceptors (Lipinski definition) is 3. The quantitative estimate of drug-likeness (QED) is 0.643. The topological polar surface area (TPSA) is 61.1 Å². The van der Waals surface area contributed by atoms with Crippen molar-refractivity contribution >= 4 is 5.78 Å². The van der Waals surface area contributed by atoms with Crippen LogP contribution in [-0.2, 0) is 4.79 Å². The number of ketones is 1. The molecule has 0 amide bonds. The summed E-state index contributed by atoms with van der Waals surface area (Å²) in [5.41, 5.74) is 0.141. The van der Waals surface area contributed by atoms with Gasteiger partial charge in [0.2, 0.25) is 0 Å². The lowest BCUT2D eigenvalue weighted by molar-refractivity contribution is -0.139. The highest BCUT2D eigenvalue weighted by Crippen LogP contribution is 2.68. The van der Waals surface area contributed by atoms with E-state index in [1.54, 1.807) is 0 Å². The first kappa shape index (κ1) is 18.2. The molecule has 3 fully saturated rings. The van der Waals surface area contributed by atoms with Crippen molar-refractivity contribution in [3.05, 3.63) is 11.6 Å². The number of fused-ring (bicyclic) bond motifs is 5. The monoisotopic (exact) mass is 355 g/mol. The van der Waals surface area contributed by atoms with Crippen LogP contribution >= 0.6 is 0 Å². The highest BCUT2D eigenvalue weighted by molar-refractivity contribution is 5.92. The second kappa shape index (κ2) is 5.22. The van der Waals surface area contributed by atoms with Crippen molar-refractivity contribution in [1.29, 1.82) is 5.26 Å². The predicted octanol–water partition coefficient (Wildman–Crippen LogP) is 4.66. The number of nitrogens with zero attached hydrogens (tertiary/aromatic N) is 1. The lowest BCUT2D eigenvalue weighted by atomic mass is 9.43. The zero-order chi connectivity index (χ0) is 19.1. The predicted molar refractivity (Wildman–Crippen MR) is 101 cm³/mol. The molecular formula is C23H33NO2. The molecule has 0 saturated heterocycles. The number of carbonyl (C=O) groups excluding carboxylic acids is 1. The minimum atomic E-state index is -0.565. The fourth-order valence-electron chi connectivity index (χ4n) is 7.76. The average Bonchev–Trinajstić information content (AvgIpc) is 2.81. The van der Waals surface area contributed by atoms with E-state index in [2.05, 4.69) is 26.0 Å². The van der Waals surface area contributed by atoms with Crippen LogP contribution in [0.25, 0.3) is 0 Å². The number of Topliss-reactive ketones (excluding diaryl/α,β-unsaturated/α-hetero) is 1. The second-order valence-electron chi connectivity index (χ2n) is 10.8. The van der Waals surface area contributed by atoms with Gasteiger partial charge >= 0.3 is 0 Å². The molecule has 0 aromatic rings. The Kier molecular flexibility index (Phi) is 3.66. The van der Waals surface area contributed by atoms with E-state index < -0.39 is 16.9 Å². The highest BCUT2D eigenvalue weighted by atomic mass is 16.3. The van der Waals surface area contributed by atoms with E-state index in [0.29, 0.717) is 24.2 Å². The van der Waals surface area contributed by atoms with Crippen LogP contribution < -0.4 is 0 Å². The number of aliphatic hydroxyl groups is 1. The van der Waals surface area contributed by atoms with Crippen LogP contribution in [0.15, 0.2) is 11.6 Å².